The van der Waals surface area contributed by atoms with Gasteiger partial charge in [0.15, 0.2) is 11.5 Å². The molecule has 0 aliphatic carbocycles. The maximum Gasteiger partial charge on any atom is 0.276 e. The van der Waals surface area contributed by atoms with Gasteiger partial charge in [-0.05, 0) is 50.7 Å². The van der Waals surface area contributed by atoms with E-state index in [-0.39, 0.29) is 34.8 Å². The van der Waals surface area contributed by atoms with E-state index in [0.29, 0.717) is 44.2 Å². The predicted octanol–water partition coefficient (Wildman–Crippen LogP) is 3.17. The summed E-state index contributed by atoms with van der Waals surface area (Å²) in [5, 5.41) is 0. The average molecular weight is 494 g/mol. The molecule has 0 radical (unpaired) electrons. The summed E-state index contributed by atoms with van der Waals surface area (Å²) in [7, 11) is 0. The first-order valence-corrected chi connectivity index (χ1v) is 13.0. The van der Waals surface area contributed by atoms with Crippen molar-refractivity contribution >= 4 is 17.6 Å². The van der Waals surface area contributed by atoms with Crippen LogP contribution in [0, 0.1) is 5.41 Å². The number of benzene rings is 1. The van der Waals surface area contributed by atoms with Crippen molar-refractivity contribution in [3.8, 4) is 5.75 Å². The van der Waals surface area contributed by atoms with Gasteiger partial charge in [-0.15, -0.1) is 0 Å². The van der Waals surface area contributed by atoms with Gasteiger partial charge in [0.25, 0.3) is 11.8 Å². The molecule has 3 aliphatic rings. The number of amides is 2. The zero-order chi connectivity index (χ0) is 25.0. The van der Waals surface area contributed by atoms with E-state index in [1.165, 1.54) is 12.4 Å². The smallest absolute Gasteiger partial charge is 0.276 e. The molecule has 0 unspecified atom stereocenters. The van der Waals surface area contributed by atoms with Gasteiger partial charge in [0, 0.05) is 44.0 Å². The van der Waals surface area contributed by atoms with Crippen molar-refractivity contribution in [2.24, 2.45) is 5.41 Å². The van der Waals surface area contributed by atoms with Crippen LogP contribution in [-0.4, -0.2) is 77.1 Å². The van der Waals surface area contributed by atoms with Crippen LogP contribution in [0.15, 0.2) is 36.7 Å². The molecule has 1 spiro atoms. The third-order valence-corrected chi connectivity index (χ3v) is 7.89. The van der Waals surface area contributed by atoms with Crippen LogP contribution in [0.4, 0.5) is 5.82 Å². The number of likely N-dealkylation sites (tertiary alicyclic amines) is 1. The molecule has 0 bridgehead atoms. The third-order valence-electron chi connectivity index (χ3n) is 7.89. The van der Waals surface area contributed by atoms with Gasteiger partial charge in [0.05, 0.1) is 24.8 Å². The second-order valence-corrected chi connectivity index (χ2v) is 10.2. The molecule has 192 valence electrons. The first kappa shape index (κ1) is 24.5. The Morgan fingerprint density at radius 3 is 2.67 bits per heavy atom. The monoisotopic (exact) mass is 493 g/mol. The number of nitrogen functional groups attached to an aromatic ring is 1. The van der Waals surface area contributed by atoms with Gasteiger partial charge in [-0.3, -0.25) is 9.59 Å². The molecule has 0 saturated carbocycles. The molecule has 2 saturated heterocycles. The Morgan fingerprint density at radius 1 is 1.03 bits per heavy atom. The van der Waals surface area contributed by atoms with E-state index in [1.54, 1.807) is 0 Å². The average Bonchev–Trinajstić information content (AvgIpc) is 3.38. The van der Waals surface area contributed by atoms with Crippen molar-refractivity contribution < 1.29 is 19.1 Å². The molecule has 1 aromatic heterocycles. The lowest BCUT2D eigenvalue weighted by atomic mass is 9.75. The zero-order valence-corrected chi connectivity index (χ0v) is 20.7. The van der Waals surface area contributed by atoms with E-state index in [9.17, 15) is 9.59 Å². The molecular weight excluding hydrogens is 458 g/mol. The van der Waals surface area contributed by atoms with Gasteiger partial charge in [-0.25, -0.2) is 9.97 Å². The number of carbonyl (C=O) groups excluding carboxylic acids is 2. The minimum atomic E-state index is -0.179. The number of nitrogens with two attached hydrogens (primary N) is 1. The number of hydrogen-bond donors (Lipinski definition) is 1. The van der Waals surface area contributed by atoms with Crippen molar-refractivity contribution in [3.63, 3.8) is 0 Å². The minimum absolute atomic E-state index is 0.0183. The highest BCUT2D eigenvalue weighted by Gasteiger charge is 2.38. The maximum absolute atomic E-state index is 13.5. The van der Waals surface area contributed by atoms with Crippen LogP contribution in [0.5, 0.6) is 5.75 Å². The van der Waals surface area contributed by atoms with Crippen molar-refractivity contribution in [3.05, 3.63) is 47.9 Å². The maximum atomic E-state index is 13.5. The molecule has 9 nitrogen and oxygen atoms in total. The Bertz CT molecular complexity index is 1090. The van der Waals surface area contributed by atoms with Crippen LogP contribution in [0.3, 0.4) is 0 Å². The first-order valence-electron chi connectivity index (χ1n) is 13.0. The van der Waals surface area contributed by atoms with E-state index in [2.05, 4.69) is 9.97 Å². The van der Waals surface area contributed by atoms with Crippen molar-refractivity contribution in [1.82, 2.24) is 19.8 Å². The zero-order valence-electron chi connectivity index (χ0n) is 20.7. The number of para-hydroxylation sites is 1. The van der Waals surface area contributed by atoms with Crippen LogP contribution in [0.1, 0.15) is 65.8 Å². The summed E-state index contributed by atoms with van der Waals surface area (Å²) < 4.78 is 12.4. The molecular formula is C27H35N5O4. The van der Waals surface area contributed by atoms with Gasteiger partial charge in [0.1, 0.15) is 5.75 Å². The fourth-order valence-corrected chi connectivity index (χ4v) is 5.67. The number of rotatable bonds is 1. The summed E-state index contributed by atoms with van der Waals surface area (Å²) in [6.07, 6.45) is 9.56. The number of hydrogen-bond acceptors (Lipinski definition) is 7. The van der Waals surface area contributed by atoms with Crippen LogP contribution in [0.25, 0.3) is 0 Å². The molecule has 1 atom stereocenters. The first-order chi connectivity index (χ1) is 17.6. The highest BCUT2D eigenvalue weighted by molar-refractivity contribution is 5.97. The van der Waals surface area contributed by atoms with E-state index < -0.39 is 0 Å². The standard InChI is InChI=1S/C27H35N5O4/c28-24-23(29-12-13-30-24)26(34)31-15-10-27(11-16-31)9-3-4-17-35-18-20-6-5-14-32(20)25(33)21-7-1-2-8-22(21)36-19-27/h1-2,7-8,12-13,20H,3-6,9-11,14-19H2,(H2,28,30)/t20-/m0/s1. The number of anilines is 1. The highest BCUT2D eigenvalue weighted by Crippen LogP contribution is 2.38. The van der Waals surface area contributed by atoms with E-state index in [0.717, 1.165) is 51.5 Å². The fourth-order valence-electron chi connectivity index (χ4n) is 5.67. The van der Waals surface area contributed by atoms with E-state index in [4.69, 9.17) is 15.2 Å². The Balaban J connectivity index is 1.32. The van der Waals surface area contributed by atoms with Gasteiger partial charge in [-0.1, -0.05) is 18.6 Å². The number of aromatic nitrogens is 2. The largest absolute Gasteiger partial charge is 0.492 e. The van der Waals surface area contributed by atoms with Crippen molar-refractivity contribution in [2.45, 2.75) is 51.0 Å². The molecule has 2 fully saturated rings. The summed E-state index contributed by atoms with van der Waals surface area (Å²) >= 11 is 0. The summed E-state index contributed by atoms with van der Waals surface area (Å²) in [6.45, 7) is 3.75. The van der Waals surface area contributed by atoms with Crippen molar-refractivity contribution in [2.75, 3.05) is 45.2 Å². The molecule has 2 N–H and O–H groups in total. The van der Waals surface area contributed by atoms with Crippen LogP contribution >= 0.6 is 0 Å². The Labute approximate surface area is 212 Å². The van der Waals surface area contributed by atoms with Crippen LogP contribution in [-0.2, 0) is 4.74 Å². The van der Waals surface area contributed by atoms with Crippen LogP contribution in [0.2, 0.25) is 0 Å². The lowest BCUT2D eigenvalue weighted by Crippen LogP contribution is -2.46. The predicted molar refractivity (Wildman–Crippen MR) is 135 cm³/mol. The lowest BCUT2D eigenvalue weighted by Gasteiger charge is -2.42. The molecule has 1 aromatic carbocycles. The normalized spacial score (nSPS) is 22.9. The van der Waals surface area contributed by atoms with E-state index in [1.807, 2.05) is 34.1 Å². The Kier molecular flexibility index (Phi) is 7.36. The minimum Gasteiger partial charge on any atom is -0.492 e. The molecule has 2 amide bonds. The fraction of sp³-hybridized carbons (Fsp3) is 0.556. The summed E-state index contributed by atoms with van der Waals surface area (Å²) in [6, 6.07) is 7.69. The number of carbonyl (C=O) groups is 2. The van der Waals surface area contributed by atoms with Gasteiger partial charge >= 0.3 is 0 Å². The second-order valence-electron chi connectivity index (χ2n) is 10.2. The van der Waals surface area contributed by atoms with Crippen LogP contribution < -0.4 is 10.5 Å². The van der Waals surface area contributed by atoms with E-state index >= 15 is 0 Å². The highest BCUT2D eigenvalue weighted by atomic mass is 16.5. The third kappa shape index (κ3) is 5.16. The molecule has 2 aromatic rings. The number of piperidine rings is 1. The Hall–Kier alpha value is -3.20. The Morgan fingerprint density at radius 2 is 1.83 bits per heavy atom. The van der Waals surface area contributed by atoms with Crippen molar-refractivity contribution in [1.29, 1.82) is 0 Å². The molecule has 3 aliphatic heterocycles. The lowest BCUT2D eigenvalue weighted by molar-refractivity contribution is 0.0301. The quantitative estimate of drug-likeness (QED) is 0.650. The number of nitrogens with zero attached hydrogens (tertiary/aromatic N) is 4. The van der Waals surface area contributed by atoms with Gasteiger partial charge in [-0.2, -0.15) is 0 Å². The molecule has 36 heavy (non-hydrogen) atoms. The summed E-state index contributed by atoms with van der Waals surface area (Å²) in [4.78, 5) is 38.4. The van der Waals surface area contributed by atoms with Gasteiger partial charge in [0.2, 0.25) is 0 Å². The topological polar surface area (TPSA) is 111 Å². The number of ether oxygens (including phenoxy) is 2. The molecule has 9 heteroatoms. The molecule has 5 rings (SSSR count). The number of fused-ring (bicyclic) bond motifs is 2. The SMILES string of the molecule is Nc1nccnc1C(=O)N1CCC2(CCCCOC[C@@H]3CCCN3C(=O)c3ccccc3OC2)CC1. The second kappa shape index (κ2) is 10.8. The van der Waals surface area contributed by atoms with Gasteiger partial charge < -0.3 is 25.0 Å². The summed E-state index contributed by atoms with van der Waals surface area (Å²) in [5.74, 6) is 0.633. The summed E-state index contributed by atoms with van der Waals surface area (Å²) in [5.41, 5.74) is 6.63. The molecule has 4 heterocycles.